The fraction of sp³-hybridized carbons (Fsp3) is 0.333. The summed E-state index contributed by atoms with van der Waals surface area (Å²) in [6.45, 7) is 1.98. The van der Waals surface area contributed by atoms with Crippen LogP contribution in [0.15, 0.2) is 54.7 Å². The number of methoxy groups -OCH3 is 1. The highest BCUT2D eigenvalue weighted by molar-refractivity contribution is 5.98. The van der Waals surface area contributed by atoms with E-state index in [1.807, 2.05) is 36.4 Å². The second-order valence-electron chi connectivity index (χ2n) is 9.21. The maximum atomic E-state index is 14.1. The minimum atomic E-state index is -0.381. The summed E-state index contributed by atoms with van der Waals surface area (Å²) in [7, 11) is 1.45. The smallest absolute Gasteiger partial charge is 0.251 e. The van der Waals surface area contributed by atoms with Crippen LogP contribution in [-0.2, 0) is 17.6 Å². The van der Waals surface area contributed by atoms with Gasteiger partial charge in [0, 0.05) is 30.5 Å². The molecular formula is C27H28FN3O4. The number of pyridine rings is 1. The Balaban J connectivity index is 1.33. The zero-order chi connectivity index (χ0) is 24.4. The summed E-state index contributed by atoms with van der Waals surface area (Å²) in [6, 6.07) is 14.6. The Kier molecular flexibility index (Phi) is 6.40. The van der Waals surface area contributed by atoms with Crippen molar-refractivity contribution in [2.24, 2.45) is 5.41 Å². The summed E-state index contributed by atoms with van der Waals surface area (Å²) in [5.41, 5.74) is 4.07. The van der Waals surface area contributed by atoms with E-state index in [2.05, 4.69) is 15.2 Å². The van der Waals surface area contributed by atoms with E-state index in [1.165, 1.54) is 13.2 Å². The van der Waals surface area contributed by atoms with Crippen LogP contribution >= 0.6 is 0 Å². The number of nitrogens with zero attached hydrogens (tertiary/aromatic N) is 2. The first-order chi connectivity index (χ1) is 17.0. The second-order valence-corrected chi connectivity index (χ2v) is 9.21. The Hall–Kier alpha value is -3.49. The monoisotopic (exact) mass is 477 g/mol. The summed E-state index contributed by atoms with van der Waals surface area (Å²) in [5, 5.41) is 12.6. The minimum absolute atomic E-state index is 0.0148. The van der Waals surface area contributed by atoms with Crippen molar-refractivity contribution >= 4 is 17.4 Å². The van der Waals surface area contributed by atoms with Gasteiger partial charge in [0.05, 0.1) is 32.3 Å². The SMILES string of the molecule is COc1ccc(Cc2ccnc(N3CCc4c(C(=O)NCC5(CO)COC5)cccc43)c2)cc1F. The van der Waals surface area contributed by atoms with E-state index in [1.54, 1.807) is 12.3 Å². The fourth-order valence-electron chi connectivity index (χ4n) is 4.66. The van der Waals surface area contributed by atoms with Crippen molar-refractivity contribution in [3.05, 3.63) is 82.8 Å². The molecule has 1 aromatic heterocycles. The Morgan fingerprint density at radius 2 is 2.06 bits per heavy atom. The first-order valence-electron chi connectivity index (χ1n) is 11.7. The van der Waals surface area contributed by atoms with E-state index in [0.29, 0.717) is 38.3 Å². The van der Waals surface area contributed by atoms with Gasteiger partial charge >= 0.3 is 0 Å². The Labute approximate surface area is 203 Å². The lowest BCUT2D eigenvalue weighted by Crippen LogP contribution is -2.53. The quantitative estimate of drug-likeness (QED) is 0.518. The molecule has 0 atom stereocenters. The van der Waals surface area contributed by atoms with Gasteiger partial charge in [-0.1, -0.05) is 12.1 Å². The zero-order valence-corrected chi connectivity index (χ0v) is 19.6. The molecule has 1 amide bonds. The Morgan fingerprint density at radius 3 is 2.77 bits per heavy atom. The number of halogens is 1. The number of anilines is 2. The van der Waals surface area contributed by atoms with E-state index < -0.39 is 0 Å². The van der Waals surface area contributed by atoms with Crippen molar-refractivity contribution in [2.45, 2.75) is 12.8 Å². The number of nitrogens with one attached hydrogen (secondary N) is 1. The van der Waals surface area contributed by atoms with Crippen LogP contribution in [0.2, 0.25) is 0 Å². The molecule has 7 nitrogen and oxygen atoms in total. The average molecular weight is 478 g/mol. The number of hydrogen-bond donors (Lipinski definition) is 2. The maximum absolute atomic E-state index is 14.1. The number of amides is 1. The van der Waals surface area contributed by atoms with Crippen molar-refractivity contribution in [3.8, 4) is 5.75 Å². The molecule has 3 aromatic rings. The molecule has 3 heterocycles. The lowest BCUT2D eigenvalue weighted by Gasteiger charge is -2.39. The molecule has 8 heteroatoms. The molecule has 35 heavy (non-hydrogen) atoms. The highest BCUT2D eigenvalue weighted by atomic mass is 19.1. The van der Waals surface area contributed by atoms with E-state index in [-0.39, 0.29) is 29.5 Å². The first kappa shape index (κ1) is 23.3. The summed E-state index contributed by atoms with van der Waals surface area (Å²) < 4.78 is 24.3. The molecule has 0 radical (unpaired) electrons. The normalized spacial score (nSPS) is 15.9. The maximum Gasteiger partial charge on any atom is 0.251 e. The average Bonchev–Trinajstić information content (AvgIpc) is 3.28. The highest BCUT2D eigenvalue weighted by Crippen LogP contribution is 2.36. The summed E-state index contributed by atoms with van der Waals surface area (Å²) in [4.78, 5) is 19.7. The van der Waals surface area contributed by atoms with Gasteiger partial charge in [0.2, 0.25) is 0 Å². The first-order valence-corrected chi connectivity index (χ1v) is 11.7. The van der Waals surface area contributed by atoms with Crippen molar-refractivity contribution in [3.63, 3.8) is 0 Å². The molecular weight excluding hydrogens is 449 g/mol. The standard InChI is InChI=1S/C27H28FN3O4/c1-34-24-6-5-18(12-22(24)28)11-19-7-9-29-25(13-19)31-10-8-20-21(3-2-4-23(20)31)26(33)30-14-27(15-32)16-35-17-27/h2-7,9,12-13,32H,8,10-11,14-17H2,1H3,(H,30,33). The van der Waals surface area contributed by atoms with Crippen LogP contribution in [0.25, 0.3) is 0 Å². The van der Waals surface area contributed by atoms with Crippen molar-refractivity contribution in [2.75, 3.05) is 44.9 Å². The number of aromatic nitrogens is 1. The number of benzene rings is 2. The molecule has 182 valence electrons. The summed E-state index contributed by atoms with van der Waals surface area (Å²) in [5.74, 6) is 0.490. The Morgan fingerprint density at radius 1 is 1.23 bits per heavy atom. The molecule has 2 aliphatic rings. The molecule has 0 spiro atoms. The molecule has 0 saturated carbocycles. The van der Waals surface area contributed by atoms with E-state index >= 15 is 0 Å². The van der Waals surface area contributed by atoms with Crippen LogP contribution in [0.5, 0.6) is 5.75 Å². The van der Waals surface area contributed by atoms with E-state index in [0.717, 1.165) is 34.6 Å². The Bertz CT molecular complexity index is 1240. The van der Waals surface area contributed by atoms with Gasteiger partial charge in [-0.25, -0.2) is 9.37 Å². The summed E-state index contributed by atoms with van der Waals surface area (Å²) in [6.07, 6.45) is 3.05. The molecule has 2 N–H and O–H groups in total. The van der Waals surface area contributed by atoms with Crippen molar-refractivity contribution < 1.29 is 23.8 Å². The fourth-order valence-corrected chi connectivity index (χ4v) is 4.66. The van der Waals surface area contributed by atoms with Gasteiger partial charge in [-0.2, -0.15) is 0 Å². The molecule has 1 saturated heterocycles. The van der Waals surface area contributed by atoms with Crippen molar-refractivity contribution in [1.29, 1.82) is 0 Å². The number of fused-ring (bicyclic) bond motifs is 1. The van der Waals surface area contributed by atoms with E-state index in [9.17, 15) is 14.3 Å². The molecule has 2 aliphatic heterocycles. The molecule has 0 unspecified atom stereocenters. The van der Waals surface area contributed by atoms with Gasteiger partial charge in [-0.05, 0) is 65.9 Å². The van der Waals surface area contributed by atoms with Gasteiger partial charge < -0.3 is 24.8 Å². The van der Waals surface area contributed by atoms with Crippen LogP contribution < -0.4 is 15.0 Å². The second kappa shape index (κ2) is 9.64. The largest absolute Gasteiger partial charge is 0.494 e. The summed E-state index contributed by atoms with van der Waals surface area (Å²) >= 11 is 0. The van der Waals surface area contributed by atoms with Gasteiger partial charge in [-0.3, -0.25) is 4.79 Å². The molecule has 2 aromatic carbocycles. The van der Waals surface area contributed by atoms with Crippen LogP contribution in [0.1, 0.15) is 27.0 Å². The number of carbonyl (C=O) groups is 1. The van der Waals surface area contributed by atoms with Gasteiger partial charge in [0.25, 0.3) is 5.91 Å². The van der Waals surface area contributed by atoms with Gasteiger partial charge in [-0.15, -0.1) is 0 Å². The predicted octanol–water partition coefficient (Wildman–Crippen LogP) is 3.25. The van der Waals surface area contributed by atoms with Crippen LogP contribution in [0.4, 0.5) is 15.9 Å². The number of aliphatic hydroxyl groups is 1. The number of carbonyl (C=O) groups excluding carboxylic acids is 1. The van der Waals surface area contributed by atoms with Crippen molar-refractivity contribution in [1.82, 2.24) is 10.3 Å². The number of rotatable bonds is 8. The number of aliphatic hydroxyl groups excluding tert-OH is 1. The third kappa shape index (κ3) is 4.59. The molecule has 0 bridgehead atoms. The van der Waals surface area contributed by atoms with Crippen LogP contribution in [0.3, 0.4) is 0 Å². The van der Waals surface area contributed by atoms with E-state index in [4.69, 9.17) is 9.47 Å². The van der Waals surface area contributed by atoms with Gasteiger partial charge in [0.1, 0.15) is 5.82 Å². The third-order valence-corrected chi connectivity index (χ3v) is 6.76. The third-order valence-electron chi connectivity index (χ3n) is 6.76. The molecule has 1 fully saturated rings. The lowest BCUT2D eigenvalue weighted by molar-refractivity contribution is -0.133. The zero-order valence-electron chi connectivity index (χ0n) is 19.6. The van der Waals surface area contributed by atoms with Crippen LogP contribution in [-0.4, -0.2) is 56.0 Å². The lowest BCUT2D eigenvalue weighted by atomic mass is 9.87. The minimum Gasteiger partial charge on any atom is -0.494 e. The topological polar surface area (TPSA) is 83.9 Å². The highest BCUT2D eigenvalue weighted by Gasteiger charge is 2.38. The van der Waals surface area contributed by atoms with Gasteiger partial charge in [0.15, 0.2) is 11.6 Å². The number of ether oxygens (including phenoxy) is 2. The predicted molar refractivity (Wildman–Crippen MR) is 130 cm³/mol. The molecule has 5 rings (SSSR count). The van der Waals surface area contributed by atoms with Crippen LogP contribution in [0, 0.1) is 11.2 Å². The number of hydrogen-bond acceptors (Lipinski definition) is 6. The molecule has 0 aliphatic carbocycles.